The number of aliphatic hydroxyl groups is 2. The van der Waals surface area contributed by atoms with E-state index >= 15 is 0 Å². The van der Waals surface area contributed by atoms with Crippen molar-refractivity contribution >= 4 is 0 Å². The van der Waals surface area contributed by atoms with Gasteiger partial charge in [0.1, 0.15) is 12.4 Å². The summed E-state index contributed by atoms with van der Waals surface area (Å²) < 4.78 is 5.41. The van der Waals surface area contributed by atoms with Crippen LogP contribution in [0.3, 0.4) is 0 Å². The van der Waals surface area contributed by atoms with Gasteiger partial charge in [-0.15, -0.1) is 0 Å². The number of fused-ring (bicyclic) bond motifs is 1. The van der Waals surface area contributed by atoms with Gasteiger partial charge in [-0.25, -0.2) is 0 Å². The smallest absolute Gasteiger partial charge is 0.119 e. The Labute approximate surface area is 144 Å². The highest BCUT2D eigenvalue weighted by molar-refractivity contribution is 5.27. The predicted octanol–water partition coefficient (Wildman–Crippen LogP) is 1.34. The van der Waals surface area contributed by atoms with Crippen LogP contribution in [-0.2, 0) is 6.54 Å². The normalized spacial score (nSPS) is 28.5. The number of aliphatic hydroxyl groups excluding tert-OH is 2. The van der Waals surface area contributed by atoms with E-state index in [1.807, 2.05) is 12.1 Å². The molecule has 0 unspecified atom stereocenters. The molecule has 134 valence electrons. The molecule has 0 spiro atoms. The molecule has 5 heteroatoms. The van der Waals surface area contributed by atoms with Gasteiger partial charge in [0.15, 0.2) is 0 Å². The van der Waals surface area contributed by atoms with E-state index < -0.39 is 0 Å². The highest BCUT2D eigenvalue weighted by Crippen LogP contribution is 2.41. The second kappa shape index (κ2) is 7.83. The molecule has 3 rings (SSSR count). The molecule has 5 nitrogen and oxygen atoms in total. The number of benzene rings is 1. The summed E-state index contributed by atoms with van der Waals surface area (Å²) in [4.78, 5) is 4.95. The number of ether oxygens (including phenoxy) is 1. The summed E-state index contributed by atoms with van der Waals surface area (Å²) in [6.07, 6.45) is 3.43. The minimum absolute atomic E-state index is 0.0387. The summed E-state index contributed by atoms with van der Waals surface area (Å²) in [5.41, 5.74) is 1.38. The quantitative estimate of drug-likeness (QED) is 0.822. The number of likely N-dealkylation sites (tertiary alicyclic amines) is 2. The van der Waals surface area contributed by atoms with Crippen LogP contribution >= 0.6 is 0 Å². The van der Waals surface area contributed by atoms with Gasteiger partial charge in [-0.3, -0.25) is 4.90 Å². The van der Waals surface area contributed by atoms with Crippen LogP contribution in [0.2, 0.25) is 0 Å². The van der Waals surface area contributed by atoms with Crippen molar-refractivity contribution in [1.29, 1.82) is 0 Å². The molecule has 0 bridgehead atoms. The fourth-order valence-electron chi connectivity index (χ4n) is 4.33. The van der Waals surface area contributed by atoms with Crippen LogP contribution in [0.1, 0.15) is 24.8 Å². The van der Waals surface area contributed by atoms with Crippen molar-refractivity contribution in [1.82, 2.24) is 9.80 Å². The molecule has 0 saturated carbocycles. The minimum atomic E-state index is 0.0387. The number of rotatable bonds is 6. The molecule has 0 aromatic heterocycles. The predicted molar refractivity (Wildman–Crippen MR) is 94.1 cm³/mol. The summed E-state index contributed by atoms with van der Waals surface area (Å²) in [7, 11) is 2.20. The molecule has 24 heavy (non-hydrogen) atoms. The molecular formula is C19H30N2O3. The van der Waals surface area contributed by atoms with Gasteiger partial charge in [0.2, 0.25) is 0 Å². The Morgan fingerprint density at radius 2 is 1.96 bits per heavy atom. The van der Waals surface area contributed by atoms with Crippen LogP contribution in [-0.4, -0.2) is 72.6 Å². The molecule has 2 aliphatic rings. The summed E-state index contributed by atoms with van der Waals surface area (Å²) in [5, 5.41) is 18.8. The average molecular weight is 334 g/mol. The first-order valence-electron chi connectivity index (χ1n) is 9.03. The molecule has 0 aliphatic carbocycles. The van der Waals surface area contributed by atoms with E-state index in [0.29, 0.717) is 19.3 Å². The van der Waals surface area contributed by atoms with E-state index in [1.165, 1.54) is 12.0 Å². The Kier molecular flexibility index (Phi) is 5.76. The Hall–Kier alpha value is -1.14. The van der Waals surface area contributed by atoms with E-state index in [4.69, 9.17) is 9.84 Å². The van der Waals surface area contributed by atoms with Crippen LogP contribution in [0.5, 0.6) is 5.75 Å². The Morgan fingerprint density at radius 1 is 1.17 bits per heavy atom. The SMILES string of the molecule is CN1CCC[C@]2(CO)CCN(Cc3ccc(OCCO)cc3)C[C@H]12. The first-order valence-corrected chi connectivity index (χ1v) is 9.03. The van der Waals surface area contributed by atoms with Gasteiger partial charge in [0, 0.05) is 24.5 Å². The largest absolute Gasteiger partial charge is 0.491 e. The molecule has 2 fully saturated rings. The maximum Gasteiger partial charge on any atom is 0.119 e. The molecule has 2 heterocycles. The van der Waals surface area contributed by atoms with Crippen molar-refractivity contribution < 1.29 is 14.9 Å². The second-order valence-electron chi connectivity index (χ2n) is 7.32. The molecule has 2 atom stereocenters. The lowest BCUT2D eigenvalue weighted by molar-refractivity contribution is -0.0684. The van der Waals surface area contributed by atoms with Crippen LogP contribution in [0.25, 0.3) is 0 Å². The number of piperidine rings is 2. The summed E-state index contributed by atoms with van der Waals surface area (Å²) >= 11 is 0. The number of nitrogens with zero attached hydrogens (tertiary/aromatic N) is 2. The molecule has 2 N–H and O–H groups in total. The Balaban J connectivity index is 1.60. The van der Waals surface area contributed by atoms with Crippen LogP contribution in [0.15, 0.2) is 24.3 Å². The Bertz CT molecular complexity index is 522. The van der Waals surface area contributed by atoms with E-state index in [0.717, 1.165) is 44.8 Å². The maximum absolute atomic E-state index is 10.00. The average Bonchev–Trinajstić information content (AvgIpc) is 2.62. The van der Waals surface area contributed by atoms with Crippen molar-refractivity contribution in [3.63, 3.8) is 0 Å². The summed E-state index contributed by atoms with van der Waals surface area (Å²) in [5.74, 6) is 0.803. The Morgan fingerprint density at radius 3 is 2.67 bits per heavy atom. The lowest BCUT2D eigenvalue weighted by Crippen LogP contribution is -2.61. The molecule has 2 saturated heterocycles. The summed E-state index contributed by atoms with van der Waals surface area (Å²) in [6, 6.07) is 8.60. The number of hydrogen-bond donors (Lipinski definition) is 2. The van der Waals surface area contributed by atoms with E-state index in [-0.39, 0.29) is 12.0 Å². The molecular weight excluding hydrogens is 304 g/mol. The van der Waals surface area contributed by atoms with Crippen LogP contribution < -0.4 is 4.74 Å². The van der Waals surface area contributed by atoms with E-state index in [1.54, 1.807) is 0 Å². The minimum Gasteiger partial charge on any atom is -0.491 e. The van der Waals surface area contributed by atoms with Crippen molar-refractivity contribution in [2.24, 2.45) is 5.41 Å². The fourth-order valence-corrected chi connectivity index (χ4v) is 4.33. The van der Waals surface area contributed by atoms with E-state index in [9.17, 15) is 5.11 Å². The molecule has 0 radical (unpaired) electrons. The fraction of sp³-hybridized carbons (Fsp3) is 0.684. The van der Waals surface area contributed by atoms with Gasteiger partial charge in [-0.05, 0) is 57.1 Å². The molecule has 0 amide bonds. The number of likely N-dealkylation sites (N-methyl/N-ethyl adjacent to an activating group) is 1. The lowest BCUT2D eigenvalue weighted by Gasteiger charge is -2.53. The lowest BCUT2D eigenvalue weighted by atomic mass is 9.69. The third kappa shape index (κ3) is 3.75. The van der Waals surface area contributed by atoms with E-state index in [2.05, 4.69) is 29.0 Å². The van der Waals surface area contributed by atoms with Gasteiger partial charge in [-0.1, -0.05) is 12.1 Å². The molecule has 1 aromatic rings. The van der Waals surface area contributed by atoms with Crippen molar-refractivity contribution in [2.75, 3.05) is 46.5 Å². The topological polar surface area (TPSA) is 56.2 Å². The van der Waals surface area contributed by atoms with Crippen molar-refractivity contribution in [2.45, 2.75) is 31.8 Å². The van der Waals surface area contributed by atoms with Crippen molar-refractivity contribution in [3.8, 4) is 5.75 Å². The number of hydrogen-bond acceptors (Lipinski definition) is 5. The standard InChI is InChI=1S/C19H30N2O3/c1-20-9-2-7-19(15-23)8-10-21(14-18(19)20)13-16-3-5-17(6-4-16)24-12-11-22/h3-6,18,22-23H,2,7-15H2,1H3/t18-,19+/m0/s1. The van der Waals surface area contributed by atoms with Gasteiger partial charge in [0.05, 0.1) is 13.2 Å². The summed E-state index contributed by atoms with van der Waals surface area (Å²) in [6.45, 7) is 4.84. The van der Waals surface area contributed by atoms with Gasteiger partial charge in [0.25, 0.3) is 0 Å². The van der Waals surface area contributed by atoms with Crippen LogP contribution in [0.4, 0.5) is 0 Å². The zero-order valence-corrected chi connectivity index (χ0v) is 14.7. The zero-order chi connectivity index (χ0) is 17.0. The van der Waals surface area contributed by atoms with Crippen molar-refractivity contribution in [3.05, 3.63) is 29.8 Å². The highest BCUT2D eigenvalue weighted by atomic mass is 16.5. The third-order valence-electron chi connectivity index (χ3n) is 5.79. The van der Waals surface area contributed by atoms with Gasteiger partial charge in [-0.2, -0.15) is 0 Å². The van der Waals surface area contributed by atoms with Gasteiger partial charge >= 0.3 is 0 Å². The first-order chi connectivity index (χ1) is 11.7. The zero-order valence-electron chi connectivity index (χ0n) is 14.7. The monoisotopic (exact) mass is 334 g/mol. The highest BCUT2D eigenvalue weighted by Gasteiger charge is 2.46. The second-order valence-corrected chi connectivity index (χ2v) is 7.32. The maximum atomic E-state index is 10.00. The third-order valence-corrected chi connectivity index (χ3v) is 5.79. The molecule has 1 aromatic carbocycles. The van der Waals surface area contributed by atoms with Crippen LogP contribution in [0, 0.1) is 5.41 Å². The first kappa shape index (κ1) is 17.7. The molecule has 2 aliphatic heterocycles. The van der Waals surface area contributed by atoms with Gasteiger partial charge < -0.3 is 19.8 Å².